The number of nitriles is 1. The van der Waals surface area contributed by atoms with Crippen molar-refractivity contribution in [3.8, 4) is 6.07 Å². The summed E-state index contributed by atoms with van der Waals surface area (Å²) >= 11 is 0. The third-order valence-electron chi connectivity index (χ3n) is 5.35. The molecule has 1 amide bonds. The van der Waals surface area contributed by atoms with Crippen LogP contribution in [0.1, 0.15) is 50.2 Å². The number of hydrogen-bond donors (Lipinski definition) is 0. The van der Waals surface area contributed by atoms with Gasteiger partial charge in [0, 0.05) is 31.6 Å². The van der Waals surface area contributed by atoms with E-state index in [1.54, 1.807) is 6.07 Å². The smallest absolute Gasteiger partial charge is 0.222 e. The number of carbonyl (C=O) groups is 1. The molecule has 0 bridgehead atoms. The largest absolute Gasteiger partial charge is 0.338 e. The average molecular weight is 329 g/mol. The fourth-order valence-electron chi connectivity index (χ4n) is 4.20. The summed E-state index contributed by atoms with van der Waals surface area (Å²) < 4.78 is 13.3. The van der Waals surface area contributed by atoms with Crippen molar-refractivity contribution in [2.75, 3.05) is 13.1 Å². The molecule has 1 aromatic rings. The molecular formula is C19H24FN3O. The predicted octanol–water partition coefficient (Wildman–Crippen LogP) is 3.06. The summed E-state index contributed by atoms with van der Waals surface area (Å²) in [7, 11) is 0. The minimum Gasteiger partial charge on any atom is -0.338 e. The number of amides is 1. The van der Waals surface area contributed by atoms with Gasteiger partial charge >= 0.3 is 0 Å². The van der Waals surface area contributed by atoms with E-state index in [0.29, 0.717) is 24.6 Å². The summed E-state index contributed by atoms with van der Waals surface area (Å²) in [5, 5.41) is 9.25. The monoisotopic (exact) mass is 329 g/mol. The minimum absolute atomic E-state index is 0.240. The summed E-state index contributed by atoms with van der Waals surface area (Å²) in [5.74, 6) is -0.132. The second kappa shape index (κ2) is 7.31. The minimum atomic E-state index is -0.371. The molecule has 2 aliphatic heterocycles. The van der Waals surface area contributed by atoms with Crippen LogP contribution in [0.4, 0.5) is 4.39 Å². The molecule has 2 aliphatic rings. The first-order valence-electron chi connectivity index (χ1n) is 8.86. The van der Waals surface area contributed by atoms with Crippen LogP contribution in [0.5, 0.6) is 0 Å². The van der Waals surface area contributed by atoms with E-state index in [1.807, 2.05) is 6.92 Å². The Morgan fingerprint density at radius 3 is 2.79 bits per heavy atom. The Morgan fingerprint density at radius 1 is 1.29 bits per heavy atom. The Labute approximate surface area is 142 Å². The highest BCUT2D eigenvalue weighted by Gasteiger charge is 2.39. The summed E-state index contributed by atoms with van der Waals surface area (Å²) in [4.78, 5) is 16.6. The summed E-state index contributed by atoms with van der Waals surface area (Å²) in [6.45, 7) is 4.40. The van der Waals surface area contributed by atoms with Crippen LogP contribution < -0.4 is 0 Å². The van der Waals surface area contributed by atoms with E-state index in [1.165, 1.54) is 12.1 Å². The van der Waals surface area contributed by atoms with Crippen molar-refractivity contribution >= 4 is 5.91 Å². The molecule has 3 rings (SSSR count). The third-order valence-corrected chi connectivity index (χ3v) is 5.35. The fraction of sp³-hybridized carbons (Fsp3) is 0.579. The highest BCUT2D eigenvalue weighted by atomic mass is 19.1. The van der Waals surface area contributed by atoms with Gasteiger partial charge in [0.2, 0.25) is 5.91 Å². The van der Waals surface area contributed by atoms with Crippen LogP contribution >= 0.6 is 0 Å². The number of carbonyl (C=O) groups excluding carboxylic acids is 1. The van der Waals surface area contributed by atoms with Crippen molar-refractivity contribution in [3.05, 3.63) is 35.1 Å². The van der Waals surface area contributed by atoms with Crippen LogP contribution in [0.15, 0.2) is 18.2 Å². The number of halogens is 1. The molecule has 0 spiro atoms. The summed E-state index contributed by atoms with van der Waals surface area (Å²) in [5.41, 5.74) is 1.28. The van der Waals surface area contributed by atoms with Gasteiger partial charge < -0.3 is 4.90 Å². The van der Waals surface area contributed by atoms with Gasteiger partial charge in [-0.3, -0.25) is 9.69 Å². The SMILES string of the molecule is CCC(=O)N1CCC[C@@H]1[C@H]1CCCN1Cc1ccc(F)cc1C#N. The van der Waals surface area contributed by atoms with Gasteiger partial charge in [-0.05, 0) is 49.9 Å². The fourth-order valence-corrected chi connectivity index (χ4v) is 4.20. The predicted molar refractivity (Wildman–Crippen MR) is 89.6 cm³/mol. The topological polar surface area (TPSA) is 47.3 Å². The zero-order chi connectivity index (χ0) is 17.1. The Morgan fingerprint density at radius 2 is 2.04 bits per heavy atom. The van der Waals surface area contributed by atoms with Gasteiger partial charge in [0.05, 0.1) is 11.6 Å². The lowest BCUT2D eigenvalue weighted by Gasteiger charge is -2.35. The van der Waals surface area contributed by atoms with Gasteiger partial charge in [-0.15, -0.1) is 0 Å². The Bertz CT molecular complexity index is 655. The van der Waals surface area contributed by atoms with Gasteiger partial charge in [0.15, 0.2) is 0 Å². The molecule has 2 saturated heterocycles. The molecule has 0 aromatic heterocycles. The van der Waals surface area contributed by atoms with Gasteiger partial charge in [0.1, 0.15) is 5.82 Å². The van der Waals surface area contributed by atoms with Crippen LogP contribution in [-0.2, 0) is 11.3 Å². The molecule has 0 unspecified atom stereocenters. The van der Waals surface area contributed by atoms with Crippen molar-refractivity contribution in [2.24, 2.45) is 0 Å². The van der Waals surface area contributed by atoms with Crippen LogP contribution in [0.3, 0.4) is 0 Å². The van der Waals surface area contributed by atoms with E-state index < -0.39 is 0 Å². The van der Waals surface area contributed by atoms with Crippen molar-refractivity contribution < 1.29 is 9.18 Å². The highest BCUT2D eigenvalue weighted by Crippen LogP contribution is 2.31. The number of benzene rings is 1. The molecule has 2 fully saturated rings. The quantitative estimate of drug-likeness (QED) is 0.853. The molecule has 2 heterocycles. The third kappa shape index (κ3) is 3.29. The molecule has 4 nitrogen and oxygen atoms in total. The van der Waals surface area contributed by atoms with Crippen LogP contribution in [0, 0.1) is 17.1 Å². The molecule has 5 heteroatoms. The lowest BCUT2D eigenvalue weighted by Crippen LogP contribution is -2.47. The number of rotatable bonds is 4. The van der Waals surface area contributed by atoms with Gasteiger partial charge in [0.25, 0.3) is 0 Å². The first-order chi connectivity index (χ1) is 11.6. The Hall–Kier alpha value is -1.93. The molecule has 0 saturated carbocycles. The number of likely N-dealkylation sites (tertiary alicyclic amines) is 2. The molecule has 0 aliphatic carbocycles. The first-order valence-corrected chi connectivity index (χ1v) is 8.86. The number of hydrogen-bond acceptors (Lipinski definition) is 3. The molecule has 24 heavy (non-hydrogen) atoms. The van der Waals surface area contributed by atoms with E-state index >= 15 is 0 Å². The van der Waals surface area contributed by atoms with Crippen molar-refractivity contribution in [2.45, 2.75) is 57.7 Å². The van der Waals surface area contributed by atoms with Crippen LogP contribution in [-0.4, -0.2) is 40.9 Å². The van der Waals surface area contributed by atoms with E-state index in [4.69, 9.17) is 0 Å². The average Bonchev–Trinajstić information content (AvgIpc) is 3.24. The molecular weight excluding hydrogens is 305 g/mol. The number of nitrogens with zero attached hydrogens (tertiary/aromatic N) is 3. The van der Waals surface area contributed by atoms with Gasteiger partial charge in [-0.25, -0.2) is 4.39 Å². The summed E-state index contributed by atoms with van der Waals surface area (Å²) in [6.07, 6.45) is 4.88. The first kappa shape index (κ1) is 16.9. The van der Waals surface area contributed by atoms with E-state index in [9.17, 15) is 14.4 Å². The normalized spacial score (nSPS) is 24.3. The summed E-state index contributed by atoms with van der Waals surface area (Å²) in [6, 6.07) is 7.17. The highest BCUT2D eigenvalue weighted by molar-refractivity contribution is 5.76. The molecule has 0 radical (unpaired) electrons. The van der Waals surface area contributed by atoms with Crippen molar-refractivity contribution in [1.82, 2.24) is 9.80 Å². The molecule has 1 aromatic carbocycles. The zero-order valence-electron chi connectivity index (χ0n) is 14.2. The lowest BCUT2D eigenvalue weighted by molar-refractivity contribution is -0.132. The van der Waals surface area contributed by atoms with Crippen molar-refractivity contribution in [3.63, 3.8) is 0 Å². The van der Waals surface area contributed by atoms with Crippen molar-refractivity contribution in [1.29, 1.82) is 5.26 Å². The Balaban J connectivity index is 1.77. The standard InChI is InChI=1S/C19H24FN3O/c1-2-19(24)23-10-4-6-18(23)17-5-3-9-22(17)13-14-7-8-16(20)11-15(14)12-21/h7-8,11,17-18H,2-6,9-10,13H2,1H3/t17-,18-/m1/s1. The second-order valence-corrected chi connectivity index (χ2v) is 6.74. The Kier molecular flexibility index (Phi) is 5.15. The zero-order valence-corrected chi connectivity index (χ0v) is 14.2. The van der Waals surface area contributed by atoms with Crippen LogP contribution in [0.2, 0.25) is 0 Å². The maximum Gasteiger partial charge on any atom is 0.222 e. The van der Waals surface area contributed by atoms with E-state index in [2.05, 4.69) is 15.9 Å². The van der Waals surface area contributed by atoms with Gasteiger partial charge in [-0.1, -0.05) is 13.0 Å². The molecule has 0 N–H and O–H groups in total. The van der Waals surface area contributed by atoms with Crippen LogP contribution in [0.25, 0.3) is 0 Å². The second-order valence-electron chi connectivity index (χ2n) is 6.74. The molecule has 2 atom stereocenters. The van der Waals surface area contributed by atoms with E-state index in [0.717, 1.165) is 44.3 Å². The maximum atomic E-state index is 13.3. The molecule has 128 valence electrons. The maximum absolute atomic E-state index is 13.3. The lowest BCUT2D eigenvalue weighted by atomic mass is 10.0. The van der Waals surface area contributed by atoms with Gasteiger partial charge in [-0.2, -0.15) is 5.26 Å². The van der Waals surface area contributed by atoms with E-state index in [-0.39, 0.29) is 17.8 Å².